The zero-order chi connectivity index (χ0) is 23.5. The van der Waals surface area contributed by atoms with Gasteiger partial charge in [-0.15, -0.1) is 5.10 Å². The van der Waals surface area contributed by atoms with Crippen molar-refractivity contribution in [1.29, 1.82) is 0 Å². The first kappa shape index (κ1) is 22.8. The molecule has 0 fully saturated rings. The molecule has 2 aromatic carbocycles. The van der Waals surface area contributed by atoms with E-state index in [9.17, 15) is 4.79 Å². The number of anilines is 1. The van der Waals surface area contributed by atoms with Crippen LogP contribution >= 0.6 is 23.2 Å². The summed E-state index contributed by atoms with van der Waals surface area (Å²) < 4.78 is 12.8. The summed E-state index contributed by atoms with van der Waals surface area (Å²) >= 11 is 12.4. The molecular formula is C23H21Cl2N5O3. The minimum atomic E-state index is -0.500. The number of carbonyl (C=O) groups excluding carboxylic acids is 1. The summed E-state index contributed by atoms with van der Waals surface area (Å²) in [5.74, 6) is 0.882. The van der Waals surface area contributed by atoms with E-state index in [0.717, 1.165) is 16.9 Å². The Balaban J connectivity index is 1.47. The topological polar surface area (TPSA) is 95.1 Å². The molecule has 4 aromatic rings. The number of halogens is 2. The van der Waals surface area contributed by atoms with Crippen molar-refractivity contribution in [3.8, 4) is 5.75 Å². The van der Waals surface area contributed by atoms with Crippen molar-refractivity contribution < 1.29 is 14.1 Å². The lowest BCUT2D eigenvalue weighted by Gasteiger charge is -2.11. The number of para-hydroxylation sites is 1. The average Bonchev–Trinajstić information content (AvgIpc) is 3.36. The SMILES string of the molecule is Cc1cccc(C)c1OCc1c(C(=O)Nc2ncn(Cc3c(Cl)cccc3Cl)n2)noc1C. The minimum Gasteiger partial charge on any atom is -0.488 e. The van der Waals surface area contributed by atoms with Gasteiger partial charge < -0.3 is 9.26 Å². The molecule has 10 heteroatoms. The maximum Gasteiger partial charge on any atom is 0.280 e. The molecule has 1 N–H and O–H groups in total. The number of nitrogens with one attached hydrogen (secondary N) is 1. The number of hydrogen-bond acceptors (Lipinski definition) is 6. The largest absolute Gasteiger partial charge is 0.488 e. The molecule has 0 radical (unpaired) electrons. The van der Waals surface area contributed by atoms with Gasteiger partial charge in [0.1, 0.15) is 24.4 Å². The van der Waals surface area contributed by atoms with Crippen molar-refractivity contribution in [1.82, 2.24) is 19.9 Å². The molecule has 2 aromatic heterocycles. The monoisotopic (exact) mass is 485 g/mol. The van der Waals surface area contributed by atoms with Gasteiger partial charge in [0, 0.05) is 15.6 Å². The Morgan fingerprint density at radius 3 is 2.42 bits per heavy atom. The normalized spacial score (nSPS) is 10.9. The molecule has 0 aliphatic rings. The average molecular weight is 486 g/mol. The fourth-order valence-corrected chi connectivity index (χ4v) is 3.86. The summed E-state index contributed by atoms with van der Waals surface area (Å²) in [7, 11) is 0. The van der Waals surface area contributed by atoms with Gasteiger partial charge in [-0.25, -0.2) is 9.67 Å². The van der Waals surface area contributed by atoms with Crippen molar-refractivity contribution >= 4 is 35.1 Å². The summed E-state index contributed by atoms with van der Waals surface area (Å²) in [4.78, 5) is 17.0. The Kier molecular flexibility index (Phi) is 6.67. The fraction of sp³-hybridized carbons (Fsp3) is 0.217. The van der Waals surface area contributed by atoms with Gasteiger partial charge in [0.2, 0.25) is 5.95 Å². The summed E-state index contributed by atoms with van der Waals surface area (Å²) in [5.41, 5.74) is 3.38. The molecule has 0 aliphatic heterocycles. The van der Waals surface area contributed by atoms with Crippen LogP contribution in [0.4, 0.5) is 5.95 Å². The molecule has 0 saturated carbocycles. The first-order valence-corrected chi connectivity index (χ1v) is 10.9. The van der Waals surface area contributed by atoms with Gasteiger partial charge in [0.25, 0.3) is 5.91 Å². The quantitative estimate of drug-likeness (QED) is 0.377. The number of amides is 1. The molecule has 0 bridgehead atoms. The van der Waals surface area contributed by atoms with Crippen LogP contribution in [0.2, 0.25) is 10.0 Å². The fourth-order valence-electron chi connectivity index (χ4n) is 3.34. The highest BCUT2D eigenvalue weighted by Crippen LogP contribution is 2.26. The van der Waals surface area contributed by atoms with Crippen molar-refractivity contribution in [2.24, 2.45) is 0 Å². The van der Waals surface area contributed by atoms with Gasteiger partial charge in [0.15, 0.2) is 5.69 Å². The number of hydrogen-bond donors (Lipinski definition) is 1. The van der Waals surface area contributed by atoms with E-state index in [1.807, 2.05) is 32.0 Å². The van der Waals surface area contributed by atoms with E-state index in [1.165, 1.54) is 11.0 Å². The molecule has 0 aliphatic carbocycles. The molecule has 170 valence electrons. The lowest BCUT2D eigenvalue weighted by Crippen LogP contribution is -2.17. The molecule has 1 amide bonds. The Morgan fingerprint density at radius 2 is 1.73 bits per heavy atom. The lowest BCUT2D eigenvalue weighted by atomic mass is 10.1. The highest BCUT2D eigenvalue weighted by Gasteiger charge is 2.22. The van der Waals surface area contributed by atoms with Crippen LogP contribution in [0.1, 0.15) is 38.5 Å². The molecule has 2 heterocycles. The van der Waals surface area contributed by atoms with E-state index in [0.29, 0.717) is 33.5 Å². The Labute approximate surface area is 200 Å². The number of carbonyl (C=O) groups is 1. The summed E-state index contributed by atoms with van der Waals surface area (Å²) in [6.45, 7) is 6.10. The number of ether oxygens (including phenoxy) is 1. The predicted molar refractivity (Wildman–Crippen MR) is 125 cm³/mol. The van der Waals surface area contributed by atoms with Crippen molar-refractivity contribution in [3.05, 3.63) is 86.5 Å². The molecule has 0 atom stereocenters. The second kappa shape index (κ2) is 9.64. The highest BCUT2D eigenvalue weighted by molar-refractivity contribution is 6.35. The van der Waals surface area contributed by atoms with Crippen molar-refractivity contribution in [3.63, 3.8) is 0 Å². The standard InChI is InChI=1S/C23H21Cl2N5O3/c1-13-6-4-7-14(2)21(13)32-11-17-15(3)33-29-20(17)22(31)27-23-26-12-30(28-23)10-16-18(24)8-5-9-19(16)25/h4-9,12H,10-11H2,1-3H3,(H,27,28,31). The number of rotatable bonds is 7. The number of benzene rings is 2. The third-order valence-electron chi connectivity index (χ3n) is 5.11. The van der Waals surface area contributed by atoms with Crippen LogP contribution in [0.25, 0.3) is 0 Å². The minimum absolute atomic E-state index is 0.115. The van der Waals surface area contributed by atoms with Crippen LogP contribution in [-0.2, 0) is 13.2 Å². The van der Waals surface area contributed by atoms with Crippen LogP contribution < -0.4 is 10.1 Å². The van der Waals surface area contributed by atoms with E-state index < -0.39 is 5.91 Å². The van der Waals surface area contributed by atoms with Crippen molar-refractivity contribution in [2.45, 2.75) is 33.9 Å². The van der Waals surface area contributed by atoms with Gasteiger partial charge >= 0.3 is 0 Å². The summed E-state index contributed by atoms with van der Waals surface area (Å²) in [5, 5.41) is 11.9. The Morgan fingerprint density at radius 1 is 1.06 bits per heavy atom. The molecule has 0 spiro atoms. The van der Waals surface area contributed by atoms with Gasteiger partial charge in [-0.2, -0.15) is 0 Å². The first-order chi connectivity index (χ1) is 15.8. The van der Waals surface area contributed by atoms with Gasteiger partial charge in [0.05, 0.1) is 12.1 Å². The van der Waals surface area contributed by atoms with E-state index in [1.54, 1.807) is 25.1 Å². The van der Waals surface area contributed by atoms with Crippen LogP contribution in [0.5, 0.6) is 5.75 Å². The van der Waals surface area contributed by atoms with Gasteiger partial charge in [-0.3, -0.25) is 10.1 Å². The zero-order valence-corrected chi connectivity index (χ0v) is 19.7. The number of nitrogens with zero attached hydrogens (tertiary/aromatic N) is 4. The third kappa shape index (κ3) is 5.02. The van der Waals surface area contributed by atoms with E-state index in [4.69, 9.17) is 32.5 Å². The van der Waals surface area contributed by atoms with E-state index >= 15 is 0 Å². The third-order valence-corrected chi connectivity index (χ3v) is 5.82. The Bertz CT molecular complexity index is 1270. The summed E-state index contributed by atoms with van der Waals surface area (Å²) in [6.07, 6.45) is 1.48. The number of aromatic nitrogens is 4. The molecule has 0 unspecified atom stereocenters. The smallest absolute Gasteiger partial charge is 0.280 e. The summed E-state index contributed by atoms with van der Waals surface area (Å²) in [6, 6.07) is 11.2. The van der Waals surface area contributed by atoms with E-state index in [-0.39, 0.29) is 18.2 Å². The zero-order valence-electron chi connectivity index (χ0n) is 18.2. The van der Waals surface area contributed by atoms with E-state index in [2.05, 4.69) is 20.6 Å². The van der Waals surface area contributed by atoms with Gasteiger partial charge in [-0.05, 0) is 44.0 Å². The second-order valence-electron chi connectivity index (χ2n) is 7.50. The van der Waals surface area contributed by atoms with Crippen LogP contribution in [0, 0.1) is 20.8 Å². The predicted octanol–water partition coefficient (Wildman–Crippen LogP) is 5.38. The maximum absolute atomic E-state index is 12.8. The van der Waals surface area contributed by atoms with Crippen LogP contribution in [0.3, 0.4) is 0 Å². The van der Waals surface area contributed by atoms with Crippen LogP contribution in [0.15, 0.2) is 47.2 Å². The Hall–Kier alpha value is -3.36. The molecule has 8 nitrogen and oxygen atoms in total. The highest BCUT2D eigenvalue weighted by atomic mass is 35.5. The molecule has 33 heavy (non-hydrogen) atoms. The maximum atomic E-state index is 12.8. The van der Waals surface area contributed by atoms with Crippen molar-refractivity contribution in [2.75, 3.05) is 5.32 Å². The number of aryl methyl sites for hydroxylation is 3. The van der Waals surface area contributed by atoms with Gasteiger partial charge in [-0.1, -0.05) is 52.6 Å². The molecule has 0 saturated heterocycles. The lowest BCUT2D eigenvalue weighted by molar-refractivity contribution is 0.101. The molecular weight excluding hydrogens is 465 g/mol. The second-order valence-corrected chi connectivity index (χ2v) is 8.31. The molecule has 4 rings (SSSR count). The first-order valence-electron chi connectivity index (χ1n) is 10.1. The van der Waals surface area contributed by atoms with Crippen LogP contribution in [-0.4, -0.2) is 25.8 Å².